The first kappa shape index (κ1) is 14.5. The van der Waals surface area contributed by atoms with Gasteiger partial charge in [0.1, 0.15) is 4.90 Å². The zero-order valence-corrected chi connectivity index (χ0v) is 12.2. The fraction of sp³-hybridized carbons (Fsp3) is 0.600. The fourth-order valence-electron chi connectivity index (χ4n) is 1.98. The molecule has 0 spiro atoms. The van der Waals surface area contributed by atoms with Crippen molar-refractivity contribution in [1.29, 1.82) is 0 Å². The largest absolute Gasteiger partial charge is 0.292 e. The molecule has 106 valence electrons. The summed E-state index contributed by atoms with van der Waals surface area (Å²) in [4.78, 5) is 7.77. The minimum absolute atomic E-state index is 0.106. The predicted molar refractivity (Wildman–Crippen MR) is 75.1 cm³/mol. The Morgan fingerprint density at radius 3 is 2.42 bits per heavy atom. The molecule has 19 heavy (non-hydrogen) atoms. The minimum Gasteiger partial charge on any atom is -0.292 e. The van der Waals surface area contributed by atoms with Gasteiger partial charge >= 0.3 is 0 Å². The van der Waals surface area contributed by atoms with Crippen LogP contribution in [-0.2, 0) is 10.0 Å². The van der Waals surface area contributed by atoms with E-state index in [9.17, 15) is 8.42 Å². The van der Waals surface area contributed by atoms with Crippen LogP contribution < -0.4 is 11.3 Å². The first-order chi connectivity index (χ1) is 9.07. The van der Waals surface area contributed by atoms with Crippen molar-refractivity contribution in [3.8, 4) is 0 Å². The van der Waals surface area contributed by atoms with E-state index in [4.69, 9.17) is 5.84 Å². The van der Waals surface area contributed by atoms with Gasteiger partial charge in [0.05, 0.1) is 12.4 Å². The van der Waals surface area contributed by atoms with Crippen molar-refractivity contribution >= 4 is 27.7 Å². The molecule has 3 N–H and O–H groups in total. The number of nitrogen functional groups attached to an aromatic ring is 1. The van der Waals surface area contributed by atoms with E-state index in [2.05, 4.69) is 21.6 Å². The highest BCUT2D eigenvalue weighted by molar-refractivity contribution is 7.99. The van der Waals surface area contributed by atoms with E-state index in [1.807, 2.05) is 0 Å². The number of hydrogen-bond acceptors (Lipinski definition) is 7. The van der Waals surface area contributed by atoms with Crippen molar-refractivity contribution in [1.82, 2.24) is 14.3 Å². The lowest BCUT2D eigenvalue weighted by molar-refractivity contribution is 0.352. The molecule has 9 heteroatoms. The van der Waals surface area contributed by atoms with Gasteiger partial charge < -0.3 is 0 Å². The summed E-state index contributed by atoms with van der Waals surface area (Å²) in [6.45, 7) is 1.09. The molecule has 2 rings (SSSR count). The van der Waals surface area contributed by atoms with E-state index < -0.39 is 10.0 Å². The summed E-state index contributed by atoms with van der Waals surface area (Å²) in [5.74, 6) is 5.34. The van der Waals surface area contributed by atoms with Gasteiger partial charge in [-0.1, -0.05) is 0 Å². The fourth-order valence-corrected chi connectivity index (χ4v) is 4.02. The van der Waals surface area contributed by atoms with Gasteiger partial charge in [-0.2, -0.15) is 16.1 Å². The third-order valence-corrected chi connectivity index (χ3v) is 6.12. The first-order valence-corrected chi connectivity index (χ1v) is 8.62. The lowest BCUT2D eigenvalue weighted by atomic mass is 10.2. The van der Waals surface area contributed by atoms with E-state index in [0.29, 0.717) is 18.3 Å². The molecule has 0 saturated carbocycles. The highest BCUT2D eigenvalue weighted by Gasteiger charge is 2.29. The molecule has 1 aliphatic heterocycles. The van der Waals surface area contributed by atoms with Crippen molar-refractivity contribution in [2.24, 2.45) is 5.84 Å². The van der Waals surface area contributed by atoms with Crippen LogP contribution in [0.1, 0.15) is 12.8 Å². The number of nitrogens with zero attached hydrogens (tertiary/aromatic N) is 3. The van der Waals surface area contributed by atoms with Gasteiger partial charge in [0, 0.05) is 18.3 Å². The van der Waals surface area contributed by atoms with Gasteiger partial charge in [0.25, 0.3) is 0 Å². The number of thioether (sulfide) groups is 1. The van der Waals surface area contributed by atoms with E-state index in [1.54, 1.807) is 11.8 Å². The third-order valence-electron chi connectivity index (χ3n) is 3.13. The van der Waals surface area contributed by atoms with Crippen molar-refractivity contribution in [2.45, 2.75) is 23.0 Å². The molecule has 0 amide bonds. The molecule has 1 aromatic heterocycles. The SMILES string of the molecule is CSC1CCN(S(=O)(=O)c2cnc(NN)nc2)CC1. The number of nitrogens with two attached hydrogens (primary N) is 1. The van der Waals surface area contributed by atoms with Crippen LogP contribution in [-0.4, -0.2) is 47.3 Å². The Labute approximate surface area is 117 Å². The Kier molecular flexibility index (Phi) is 4.61. The lowest BCUT2D eigenvalue weighted by Gasteiger charge is -2.30. The number of sulfonamides is 1. The lowest BCUT2D eigenvalue weighted by Crippen LogP contribution is -2.39. The molecular weight excluding hydrogens is 286 g/mol. The van der Waals surface area contributed by atoms with Crippen LogP contribution in [0.25, 0.3) is 0 Å². The van der Waals surface area contributed by atoms with Crippen LogP contribution in [0.4, 0.5) is 5.95 Å². The molecule has 0 aliphatic carbocycles. The van der Waals surface area contributed by atoms with Gasteiger partial charge in [-0.25, -0.2) is 24.2 Å². The summed E-state index contributed by atoms with van der Waals surface area (Å²) in [5, 5.41) is 0.548. The van der Waals surface area contributed by atoms with Gasteiger partial charge in [0.15, 0.2) is 0 Å². The predicted octanol–water partition coefficient (Wildman–Crippen LogP) is 0.278. The van der Waals surface area contributed by atoms with E-state index in [1.165, 1.54) is 16.7 Å². The Hall–Kier alpha value is -0.900. The van der Waals surface area contributed by atoms with Crippen LogP contribution in [0.3, 0.4) is 0 Å². The van der Waals surface area contributed by atoms with Gasteiger partial charge in [-0.15, -0.1) is 0 Å². The van der Waals surface area contributed by atoms with E-state index in [0.717, 1.165) is 12.8 Å². The molecule has 0 unspecified atom stereocenters. The maximum absolute atomic E-state index is 12.4. The number of aromatic nitrogens is 2. The highest BCUT2D eigenvalue weighted by atomic mass is 32.2. The molecule has 0 radical (unpaired) electrons. The monoisotopic (exact) mass is 303 g/mol. The molecule has 1 saturated heterocycles. The summed E-state index contributed by atoms with van der Waals surface area (Å²) in [5.41, 5.74) is 2.27. The smallest absolute Gasteiger partial charge is 0.246 e. The summed E-state index contributed by atoms with van der Waals surface area (Å²) in [6, 6.07) is 0. The second kappa shape index (κ2) is 6.04. The molecule has 0 bridgehead atoms. The van der Waals surface area contributed by atoms with Crippen molar-refractivity contribution in [2.75, 3.05) is 24.8 Å². The molecule has 0 aromatic carbocycles. The quantitative estimate of drug-likeness (QED) is 0.608. The molecule has 1 fully saturated rings. The van der Waals surface area contributed by atoms with Gasteiger partial charge in [0.2, 0.25) is 16.0 Å². The van der Waals surface area contributed by atoms with E-state index >= 15 is 0 Å². The molecule has 0 atom stereocenters. The maximum atomic E-state index is 12.4. The molecule has 7 nitrogen and oxygen atoms in total. The topological polar surface area (TPSA) is 101 Å². The minimum atomic E-state index is -3.49. The zero-order valence-electron chi connectivity index (χ0n) is 10.6. The number of hydrazine groups is 1. The summed E-state index contributed by atoms with van der Waals surface area (Å²) in [6.07, 6.45) is 6.37. The molecule has 1 aromatic rings. The number of hydrogen-bond donors (Lipinski definition) is 2. The van der Waals surface area contributed by atoms with Gasteiger partial charge in [-0.3, -0.25) is 5.43 Å². The second-order valence-electron chi connectivity index (χ2n) is 4.23. The average molecular weight is 303 g/mol. The second-order valence-corrected chi connectivity index (χ2v) is 7.30. The molecule has 1 aliphatic rings. The summed E-state index contributed by atoms with van der Waals surface area (Å²) >= 11 is 1.79. The third kappa shape index (κ3) is 3.16. The van der Waals surface area contributed by atoms with Crippen molar-refractivity contribution in [3.63, 3.8) is 0 Å². The van der Waals surface area contributed by atoms with Gasteiger partial charge in [-0.05, 0) is 19.1 Å². The van der Waals surface area contributed by atoms with Crippen LogP contribution in [0.15, 0.2) is 17.3 Å². The Morgan fingerprint density at radius 2 is 1.95 bits per heavy atom. The zero-order chi connectivity index (χ0) is 13.9. The Bertz CT molecular complexity index is 511. The maximum Gasteiger partial charge on any atom is 0.246 e. The van der Waals surface area contributed by atoms with Crippen molar-refractivity contribution in [3.05, 3.63) is 12.4 Å². The molecule has 2 heterocycles. The van der Waals surface area contributed by atoms with Crippen LogP contribution in [0.5, 0.6) is 0 Å². The number of anilines is 1. The van der Waals surface area contributed by atoms with Crippen LogP contribution in [0, 0.1) is 0 Å². The van der Waals surface area contributed by atoms with E-state index in [-0.39, 0.29) is 10.8 Å². The summed E-state index contributed by atoms with van der Waals surface area (Å²) < 4.78 is 26.2. The van der Waals surface area contributed by atoms with Crippen LogP contribution >= 0.6 is 11.8 Å². The summed E-state index contributed by atoms with van der Waals surface area (Å²) in [7, 11) is -3.49. The number of piperidine rings is 1. The normalized spacial score (nSPS) is 18.4. The van der Waals surface area contributed by atoms with Crippen LogP contribution in [0.2, 0.25) is 0 Å². The van der Waals surface area contributed by atoms with Crippen molar-refractivity contribution < 1.29 is 8.42 Å². The average Bonchev–Trinajstić information content (AvgIpc) is 2.47. The number of nitrogens with one attached hydrogen (secondary N) is 1. The highest BCUT2D eigenvalue weighted by Crippen LogP contribution is 2.25. The first-order valence-electron chi connectivity index (χ1n) is 5.89. The Morgan fingerprint density at radius 1 is 1.37 bits per heavy atom. The molecular formula is C10H17N5O2S2. The Balaban J connectivity index is 2.13. The standard InChI is InChI=1S/C10H17N5O2S2/c1-18-8-2-4-15(5-3-8)19(16,17)9-6-12-10(14-11)13-7-9/h6-8H,2-5,11H2,1H3,(H,12,13,14). The number of rotatable bonds is 4.